The lowest BCUT2D eigenvalue weighted by Gasteiger charge is -2.24. The molecular formula is C15H21N3O2. The predicted octanol–water partition coefficient (Wildman–Crippen LogP) is 0.675. The van der Waals surface area contributed by atoms with E-state index in [4.69, 9.17) is 0 Å². The molecule has 1 aromatic rings. The molecule has 1 aromatic carbocycles. The van der Waals surface area contributed by atoms with Crippen molar-refractivity contribution < 1.29 is 9.59 Å². The lowest BCUT2D eigenvalue weighted by Crippen LogP contribution is -2.49. The van der Waals surface area contributed by atoms with E-state index in [0.29, 0.717) is 12.1 Å². The van der Waals surface area contributed by atoms with Crippen LogP contribution in [0.25, 0.3) is 0 Å². The molecule has 20 heavy (non-hydrogen) atoms. The molecule has 1 heterocycles. The van der Waals surface area contributed by atoms with Gasteiger partial charge in [-0.3, -0.25) is 9.59 Å². The van der Waals surface area contributed by atoms with E-state index in [1.807, 2.05) is 6.07 Å². The largest absolute Gasteiger partial charge is 0.353 e. The molecule has 1 unspecified atom stereocenters. The summed E-state index contributed by atoms with van der Waals surface area (Å²) in [6.45, 7) is 3.69. The van der Waals surface area contributed by atoms with Crippen LogP contribution in [-0.2, 0) is 4.79 Å². The molecule has 0 aromatic heterocycles. The summed E-state index contributed by atoms with van der Waals surface area (Å²) in [5, 5.41) is 8.85. The monoisotopic (exact) mass is 275 g/mol. The highest BCUT2D eigenvalue weighted by Gasteiger charge is 2.28. The molecule has 5 nitrogen and oxygen atoms in total. The Labute approximate surface area is 119 Å². The smallest absolute Gasteiger partial charge is 0.251 e. The van der Waals surface area contributed by atoms with Crippen LogP contribution in [0.2, 0.25) is 0 Å². The number of benzene rings is 1. The number of nitrogens with one attached hydrogen (secondary N) is 3. The van der Waals surface area contributed by atoms with Crippen molar-refractivity contribution in [1.82, 2.24) is 16.0 Å². The molecule has 1 atom stereocenters. The van der Waals surface area contributed by atoms with Gasteiger partial charge in [0.15, 0.2) is 0 Å². The van der Waals surface area contributed by atoms with Crippen molar-refractivity contribution in [1.29, 1.82) is 0 Å². The lowest BCUT2D eigenvalue weighted by atomic mass is 10.0. The van der Waals surface area contributed by atoms with Crippen LogP contribution in [0, 0.1) is 0 Å². The van der Waals surface area contributed by atoms with E-state index < -0.39 is 0 Å². The van der Waals surface area contributed by atoms with Gasteiger partial charge in [-0.2, -0.15) is 0 Å². The van der Waals surface area contributed by atoms with Crippen molar-refractivity contribution in [3.05, 3.63) is 35.9 Å². The van der Waals surface area contributed by atoms with E-state index in [2.05, 4.69) is 22.9 Å². The number of amides is 2. The van der Waals surface area contributed by atoms with E-state index in [0.717, 1.165) is 19.4 Å². The van der Waals surface area contributed by atoms with Gasteiger partial charge in [-0.15, -0.1) is 0 Å². The Hall–Kier alpha value is -1.88. The Balaban J connectivity index is 1.71. The first-order chi connectivity index (χ1) is 9.59. The van der Waals surface area contributed by atoms with E-state index in [-0.39, 0.29) is 23.9 Å². The van der Waals surface area contributed by atoms with Gasteiger partial charge >= 0.3 is 0 Å². The number of carbonyl (C=O) groups is 2. The minimum atomic E-state index is -0.231. The van der Waals surface area contributed by atoms with Crippen LogP contribution in [-0.4, -0.2) is 37.0 Å². The summed E-state index contributed by atoms with van der Waals surface area (Å²) in [5.74, 6) is -0.393. The molecular weight excluding hydrogens is 254 g/mol. The zero-order valence-electron chi connectivity index (χ0n) is 11.7. The Bertz CT molecular complexity index is 467. The SMILES string of the molecule is CC1(CNC(=O)CNC(=O)c2ccccc2)CCCN1. The molecule has 5 heteroatoms. The van der Waals surface area contributed by atoms with E-state index >= 15 is 0 Å². The maximum Gasteiger partial charge on any atom is 0.251 e. The third-order valence-electron chi connectivity index (χ3n) is 3.58. The summed E-state index contributed by atoms with van der Waals surface area (Å²) < 4.78 is 0. The second-order valence-corrected chi connectivity index (χ2v) is 5.42. The van der Waals surface area contributed by atoms with Gasteiger partial charge in [0.2, 0.25) is 5.91 Å². The molecule has 1 saturated heterocycles. The van der Waals surface area contributed by atoms with Crippen molar-refractivity contribution in [2.24, 2.45) is 0 Å². The Morgan fingerprint density at radius 3 is 2.65 bits per heavy atom. The van der Waals surface area contributed by atoms with E-state index in [1.165, 1.54) is 0 Å². The fourth-order valence-electron chi connectivity index (χ4n) is 2.32. The summed E-state index contributed by atoms with van der Waals surface area (Å²) in [4.78, 5) is 23.5. The average molecular weight is 275 g/mol. The molecule has 0 aliphatic carbocycles. The van der Waals surface area contributed by atoms with Crippen LogP contribution in [0.4, 0.5) is 0 Å². The van der Waals surface area contributed by atoms with Crippen LogP contribution < -0.4 is 16.0 Å². The minimum Gasteiger partial charge on any atom is -0.353 e. The highest BCUT2D eigenvalue weighted by molar-refractivity contribution is 5.96. The van der Waals surface area contributed by atoms with Gasteiger partial charge in [-0.05, 0) is 38.4 Å². The quantitative estimate of drug-likeness (QED) is 0.740. The normalized spacial score (nSPS) is 21.4. The second kappa shape index (κ2) is 6.52. The van der Waals surface area contributed by atoms with Crippen molar-refractivity contribution >= 4 is 11.8 Å². The number of hydrogen-bond donors (Lipinski definition) is 3. The summed E-state index contributed by atoms with van der Waals surface area (Å²) in [5.41, 5.74) is 0.545. The van der Waals surface area contributed by atoms with E-state index in [1.54, 1.807) is 24.3 Å². The maximum absolute atomic E-state index is 11.8. The third kappa shape index (κ3) is 4.06. The molecule has 3 N–H and O–H groups in total. The van der Waals surface area contributed by atoms with Crippen LogP contribution >= 0.6 is 0 Å². The van der Waals surface area contributed by atoms with Gasteiger partial charge in [0.25, 0.3) is 5.91 Å². The fraction of sp³-hybridized carbons (Fsp3) is 0.467. The first-order valence-corrected chi connectivity index (χ1v) is 6.94. The van der Waals surface area contributed by atoms with Crippen LogP contribution in [0.1, 0.15) is 30.1 Å². The molecule has 0 bridgehead atoms. The zero-order valence-corrected chi connectivity index (χ0v) is 11.7. The first-order valence-electron chi connectivity index (χ1n) is 6.94. The Morgan fingerprint density at radius 1 is 1.25 bits per heavy atom. The molecule has 1 aliphatic rings. The van der Waals surface area contributed by atoms with Crippen LogP contribution in [0.3, 0.4) is 0 Å². The second-order valence-electron chi connectivity index (χ2n) is 5.42. The molecule has 1 fully saturated rings. The summed E-state index contributed by atoms with van der Waals surface area (Å²) in [7, 11) is 0. The van der Waals surface area contributed by atoms with Crippen molar-refractivity contribution in [3.8, 4) is 0 Å². The van der Waals surface area contributed by atoms with Gasteiger partial charge in [0.1, 0.15) is 0 Å². The van der Waals surface area contributed by atoms with Crippen molar-refractivity contribution in [3.63, 3.8) is 0 Å². The molecule has 0 radical (unpaired) electrons. The minimum absolute atomic E-state index is 0.00378. The summed E-state index contributed by atoms with van der Waals surface area (Å²) in [6.07, 6.45) is 2.20. The standard InChI is InChI=1S/C15H21N3O2/c1-15(8-5-9-18-15)11-17-13(19)10-16-14(20)12-6-3-2-4-7-12/h2-4,6-7,18H,5,8-11H2,1H3,(H,16,20)(H,17,19). The molecule has 0 saturated carbocycles. The number of rotatable bonds is 5. The third-order valence-corrected chi connectivity index (χ3v) is 3.58. The van der Waals surface area contributed by atoms with Gasteiger partial charge in [-0.1, -0.05) is 18.2 Å². The van der Waals surface area contributed by atoms with Crippen molar-refractivity contribution in [2.45, 2.75) is 25.3 Å². The average Bonchev–Trinajstić information content (AvgIpc) is 2.91. The van der Waals surface area contributed by atoms with E-state index in [9.17, 15) is 9.59 Å². The summed E-state index contributed by atoms with van der Waals surface area (Å²) in [6, 6.07) is 8.87. The summed E-state index contributed by atoms with van der Waals surface area (Å²) >= 11 is 0. The number of carbonyl (C=O) groups excluding carboxylic acids is 2. The Morgan fingerprint density at radius 2 is 2.00 bits per heavy atom. The first kappa shape index (κ1) is 14.5. The molecule has 2 rings (SSSR count). The van der Waals surface area contributed by atoms with Crippen molar-refractivity contribution in [2.75, 3.05) is 19.6 Å². The lowest BCUT2D eigenvalue weighted by molar-refractivity contribution is -0.120. The fourth-order valence-corrected chi connectivity index (χ4v) is 2.32. The highest BCUT2D eigenvalue weighted by Crippen LogP contribution is 2.16. The maximum atomic E-state index is 11.8. The molecule has 108 valence electrons. The van der Waals surface area contributed by atoms with Gasteiger partial charge in [0, 0.05) is 17.6 Å². The zero-order chi connectivity index (χ0) is 14.4. The Kier molecular flexibility index (Phi) is 4.74. The topological polar surface area (TPSA) is 70.2 Å². The van der Waals surface area contributed by atoms with Crippen LogP contribution in [0.15, 0.2) is 30.3 Å². The highest BCUT2D eigenvalue weighted by atomic mass is 16.2. The van der Waals surface area contributed by atoms with Gasteiger partial charge < -0.3 is 16.0 Å². The number of hydrogen-bond acceptors (Lipinski definition) is 3. The van der Waals surface area contributed by atoms with Crippen LogP contribution in [0.5, 0.6) is 0 Å². The predicted molar refractivity (Wildman–Crippen MR) is 77.4 cm³/mol. The molecule has 1 aliphatic heterocycles. The van der Waals surface area contributed by atoms with Gasteiger partial charge in [-0.25, -0.2) is 0 Å². The van der Waals surface area contributed by atoms with Gasteiger partial charge in [0.05, 0.1) is 6.54 Å². The molecule has 2 amide bonds. The molecule has 0 spiro atoms.